The molecule has 5 rings (SSSR count). The van der Waals surface area contributed by atoms with Gasteiger partial charge in [0.15, 0.2) is 11.6 Å². The van der Waals surface area contributed by atoms with Crippen LogP contribution in [0.2, 0.25) is 0 Å². The Morgan fingerprint density at radius 3 is 2.66 bits per heavy atom. The maximum Gasteiger partial charge on any atom is 0.166 e. The number of carbonyl (C=O) groups excluding carboxylic acids is 1. The van der Waals surface area contributed by atoms with Gasteiger partial charge < -0.3 is 19.4 Å². The molecule has 0 saturated heterocycles. The molecule has 0 aliphatic rings. The standard InChI is InChI=1S/C30H27F3N4O3S/c1-37-21(16-34-9-10-39-2)17-36-30(37)28-15-25-29(41-28)27(7-8-35-25)40-26-6-3-18(12-24(26)33)11-22(38)14-19-13-20(31)4-5-23(19)32/h3-8,12-13,15,17,34H,9-11,14,16H2,1-2H3. The molecule has 3 aromatic heterocycles. The summed E-state index contributed by atoms with van der Waals surface area (Å²) in [6, 6.07) is 10.8. The predicted molar refractivity (Wildman–Crippen MR) is 151 cm³/mol. The van der Waals surface area contributed by atoms with E-state index in [9.17, 15) is 13.6 Å². The number of ketones is 1. The third-order valence-corrected chi connectivity index (χ3v) is 7.62. The van der Waals surface area contributed by atoms with Crippen LogP contribution in [-0.2, 0) is 36.0 Å². The van der Waals surface area contributed by atoms with E-state index in [1.54, 1.807) is 25.4 Å². The molecule has 0 saturated carbocycles. The van der Waals surface area contributed by atoms with E-state index in [0.717, 1.165) is 45.8 Å². The Kier molecular flexibility index (Phi) is 8.77. The summed E-state index contributed by atoms with van der Waals surface area (Å²) in [7, 11) is 3.60. The molecule has 0 fully saturated rings. The number of thiophene rings is 1. The number of hydrogen-bond acceptors (Lipinski definition) is 7. The first kappa shape index (κ1) is 28.5. The second-order valence-corrected chi connectivity index (χ2v) is 10.5. The van der Waals surface area contributed by atoms with Crippen molar-refractivity contribution in [2.75, 3.05) is 20.3 Å². The van der Waals surface area contributed by atoms with Gasteiger partial charge in [-0.1, -0.05) is 6.07 Å². The van der Waals surface area contributed by atoms with Gasteiger partial charge in [0.25, 0.3) is 0 Å². The SMILES string of the molecule is COCCNCc1cnc(-c2cc3nccc(Oc4ccc(CC(=O)Cc5cc(F)ccc5F)cc4F)c3s2)n1C. The van der Waals surface area contributed by atoms with E-state index in [4.69, 9.17) is 9.47 Å². The third kappa shape index (κ3) is 6.64. The maximum atomic E-state index is 15.0. The summed E-state index contributed by atoms with van der Waals surface area (Å²) in [5.41, 5.74) is 2.07. The molecule has 0 atom stereocenters. The van der Waals surface area contributed by atoms with Crippen molar-refractivity contribution in [3.8, 4) is 22.2 Å². The number of pyridine rings is 1. The van der Waals surface area contributed by atoms with Crippen molar-refractivity contribution in [1.82, 2.24) is 19.9 Å². The number of fused-ring (bicyclic) bond motifs is 1. The summed E-state index contributed by atoms with van der Waals surface area (Å²) in [4.78, 5) is 22.3. The Morgan fingerprint density at radius 1 is 1.00 bits per heavy atom. The molecule has 0 radical (unpaired) electrons. The fraction of sp³-hybridized carbons (Fsp3) is 0.233. The Morgan fingerprint density at radius 2 is 1.85 bits per heavy atom. The lowest BCUT2D eigenvalue weighted by Crippen LogP contribution is -2.20. The van der Waals surface area contributed by atoms with Crippen molar-refractivity contribution in [3.63, 3.8) is 0 Å². The molecular weight excluding hydrogens is 553 g/mol. The fourth-order valence-corrected chi connectivity index (χ4v) is 5.47. The lowest BCUT2D eigenvalue weighted by atomic mass is 10.0. The minimum Gasteiger partial charge on any atom is -0.453 e. The topological polar surface area (TPSA) is 78.3 Å². The van der Waals surface area contributed by atoms with Gasteiger partial charge in [-0.3, -0.25) is 9.78 Å². The van der Waals surface area contributed by atoms with E-state index in [2.05, 4.69) is 15.3 Å². The van der Waals surface area contributed by atoms with Crippen LogP contribution in [0, 0.1) is 17.5 Å². The minimum atomic E-state index is -0.659. The molecule has 5 aromatic rings. The Hall–Kier alpha value is -4.06. The van der Waals surface area contributed by atoms with Gasteiger partial charge in [0.1, 0.15) is 29.0 Å². The lowest BCUT2D eigenvalue weighted by molar-refractivity contribution is -0.117. The van der Waals surface area contributed by atoms with Gasteiger partial charge in [-0.05, 0) is 47.5 Å². The van der Waals surface area contributed by atoms with Crippen LogP contribution in [0.3, 0.4) is 0 Å². The smallest absolute Gasteiger partial charge is 0.166 e. The number of imidazole rings is 1. The summed E-state index contributed by atoms with van der Waals surface area (Å²) in [5.74, 6) is -1.10. The van der Waals surface area contributed by atoms with Crippen molar-refractivity contribution in [2.24, 2.45) is 7.05 Å². The van der Waals surface area contributed by atoms with Gasteiger partial charge in [0.2, 0.25) is 0 Å². The van der Waals surface area contributed by atoms with Gasteiger partial charge in [-0.2, -0.15) is 0 Å². The van der Waals surface area contributed by atoms with E-state index in [1.165, 1.54) is 23.5 Å². The number of benzene rings is 2. The Balaban J connectivity index is 1.30. The molecule has 0 unspecified atom stereocenters. The number of methoxy groups -OCH3 is 1. The maximum absolute atomic E-state index is 15.0. The number of ether oxygens (including phenoxy) is 2. The zero-order valence-corrected chi connectivity index (χ0v) is 23.2. The summed E-state index contributed by atoms with van der Waals surface area (Å²) in [5, 5.41) is 3.31. The summed E-state index contributed by atoms with van der Waals surface area (Å²) in [6.07, 6.45) is 2.99. The van der Waals surface area contributed by atoms with Gasteiger partial charge in [0, 0.05) is 52.4 Å². The highest BCUT2D eigenvalue weighted by atomic mass is 32.1. The molecule has 212 valence electrons. The highest BCUT2D eigenvalue weighted by molar-refractivity contribution is 7.22. The second-order valence-electron chi connectivity index (χ2n) is 9.43. The van der Waals surface area contributed by atoms with Crippen LogP contribution in [0.1, 0.15) is 16.8 Å². The van der Waals surface area contributed by atoms with Crippen LogP contribution in [0.4, 0.5) is 13.2 Å². The van der Waals surface area contributed by atoms with E-state index >= 15 is 4.39 Å². The monoisotopic (exact) mass is 580 g/mol. The average molecular weight is 581 g/mol. The van der Waals surface area contributed by atoms with Crippen LogP contribution in [0.5, 0.6) is 11.5 Å². The van der Waals surface area contributed by atoms with Gasteiger partial charge in [-0.25, -0.2) is 18.2 Å². The van der Waals surface area contributed by atoms with Crippen molar-refractivity contribution in [2.45, 2.75) is 19.4 Å². The number of aromatic nitrogens is 3. The Labute approximate surface area is 238 Å². The van der Waals surface area contributed by atoms with Crippen LogP contribution < -0.4 is 10.1 Å². The zero-order valence-electron chi connectivity index (χ0n) is 22.4. The predicted octanol–water partition coefficient (Wildman–Crippen LogP) is 6.00. The van der Waals surface area contributed by atoms with Crippen LogP contribution in [0.25, 0.3) is 20.9 Å². The molecule has 0 aliphatic heterocycles. The van der Waals surface area contributed by atoms with E-state index in [0.29, 0.717) is 30.0 Å². The normalized spacial score (nSPS) is 11.3. The molecular formula is C30H27F3N4O3S. The molecule has 0 spiro atoms. The van der Waals surface area contributed by atoms with E-state index in [1.807, 2.05) is 23.9 Å². The van der Waals surface area contributed by atoms with Crippen LogP contribution in [0.15, 0.2) is 60.9 Å². The molecule has 1 N–H and O–H groups in total. The number of Topliss-reactive ketones (excluding diaryl/α,β-unsaturated/α-hetero) is 1. The highest BCUT2D eigenvalue weighted by Gasteiger charge is 2.17. The fourth-order valence-electron chi connectivity index (χ4n) is 4.37. The first-order valence-corrected chi connectivity index (χ1v) is 13.6. The van der Waals surface area contributed by atoms with Gasteiger partial charge in [0.05, 0.1) is 33.6 Å². The molecule has 2 aromatic carbocycles. The molecule has 0 aliphatic carbocycles. The molecule has 0 bridgehead atoms. The van der Waals surface area contributed by atoms with E-state index in [-0.39, 0.29) is 29.9 Å². The molecule has 7 nitrogen and oxygen atoms in total. The third-order valence-electron chi connectivity index (χ3n) is 6.48. The zero-order chi connectivity index (χ0) is 28.9. The lowest BCUT2D eigenvalue weighted by Gasteiger charge is -2.09. The number of hydrogen-bond donors (Lipinski definition) is 1. The number of rotatable bonds is 12. The summed E-state index contributed by atoms with van der Waals surface area (Å²) < 4.78 is 56.1. The van der Waals surface area contributed by atoms with Crippen molar-refractivity contribution < 1.29 is 27.4 Å². The molecule has 41 heavy (non-hydrogen) atoms. The largest absolute Gasteiger partial charge is 0.453 e. The molecule has 3 heterocycles. The highest BCUT2D eigenvalue weighted by Crippen LogP contribution is 2.39. The first-order valence-electron chi connectivity index (χ1n) is 12.8. The number of halogens is 3. The van der Waals surface area contributed by atoms with Crippen LogP contribution >= 0.6 is 11.3 Å². The van der Waals surface area contributed by atoms with Gasteiger partial charge in [-0.15, -0.1) is 11.3 Å². The van der Waals surface area contributed by atoms with Crippen LogP contribution in [-0.4, -0.2) is 40.6 Å². The molecule has 0 amide bonds. The number of nitrogens with zero attached hydrogens (tertiary/aromatic N) is 3. The minimum absolute atomic E-state index is 0.0127. The van der Waals surface area contributed by atoms with Crippen molar-refractivity contribution >= 4 is 27.3 Å². The quantitative estimate of drug-likeness (QED) is 0.183. The summed E-state index contributed by atoms with van der Waals surface area (Å²) in [6.45, 7) is 1.99. The molecule has 11 heteroatoms. The number of nitrogens with one attached hydrogen (secondary N) is 1. The second kappa shape index (κ2) is 12.6. The summed E-state index contributed by atoms with van der Waals surface area (Å²) >= 11 is 1.44. The van der Waals surface area contributed by atoms with Crippen molar-refractivity contribution in [1.29, 1.82) is 0 Å². The van der Waals surface area contributed by atoms with E-state index < -0.39 is 17.5 Å². The number of carbonyl (C=O) groups is 1. The first-order chi connectivity index (χ1) is 19.8. The Bertz CT molecular complexity index is 1700. The van der Waals surface area contributed by atoms with Crippen molar-refractivity contribution in [3.05, 3.63) is 95.2 Å². The average Bonchev–Trinajstić information content (AvgIpc) is 3.54. The van der Waals surface area contributed by atoms with Gasteiger partial charge >= 0.3 is 0 Å².